The fourth-order valence-electron chi connectivity index (χ4n) is 2.21. The molecule has 0 aliphatic heterocycles. The predicted octanol–water partition coefficient (Wildman–Crippen LogP) is 2.27. The number of benzene rings is 1. The van der Waals surface area contributed by atoms with Gasteiger partial charge < -0.3 is 25.4 Å². The summed E-state index contributed by atoms with van der Waals surface area (Å²) in [6.45, 7) is 1.80. The molecule has 1 amide bonds. The van der Waals surface area contributed by atoms with Crippen molar-refractivity contribution in [3.05, 3.63) is 24.0 Å². The van der Waals surface area contributed by atoms with E-state index >= 15 is 0 Å². The quantitative estimate of drug-likeness (QED) is 0.546. The molecule has 0 unspecified atom stereocenters. The first kappa shape index (κ1) is 15.2. The van der Waals surface area contributed by atoms with Gasteiger partial charge in [-0.05, 0) is 18.2 Å². The number of nitrogens with two attached hydrogens (primary N) is 2. The third kappa shape index (κ3) is 2.80. The zero-order valence-corrected chi connectivity index (χ0v) is 13.1. The first-order valence-electron chi connectivity index (χ1n) is 6.78. The van der Waals surface area contributed by atoms with Gasteiger partial charge in [0.15, 0.2) is 5.58 Å². The van der Waals surface area contributed by atoms with Gasteiger partial charge in [0.1, 0.15) is 24.7 Å². The smallest absolute Gasteiger partial charge is 0.302 e. The molecule has 120 valence electrons. The SMILES string of the molecule is CC(=O)OCCOc1ccc2c(c1)sc1c(N)c(C(N)=O)oc12. The molecule has 3 aromatic rings. The van der Waals surface area contributed by atoms with Crippen LogP contribution in [0.1, 0.15) is 17.5 Å². The van der Waals surface area contributed by atoms with Crippen molar-refractivity contribution in [2.45, 2.75) is 6.92 Å². The van der Waals surface area contributed by atoms with Crippen LogP contribution in [0.5, 0.6) is 5.75 Å². The van der Waals surface area contributed by atoms with Gasteiger partial charge in [-0.15, -0.1) is 11.3 Å². The Balaban J connectivity index is 1.87. The maximum atomic E-state index is 11.3. The summed E-state index contributed by atoms with van der Waals surface area (Å²) in [6, 6.07) is 5.43. The number of esters is 1. The summed E-state index contributed by atoms with van der Waals surface area (Å²) in [4.78, 5) is 21.9. The molecule has 23 heavy (non-hydrogen) atoms. The van der Waals surface area contributed by atoms with Crippen LogP contribution in [0, 0.1) is 0 Å². The summed E-state index contributed by atoms with van der Waals surface area (Å²) in [7, 11) is 0. The molecular formula is C15H14N2O5S. The van der Waals surface area contributed by atoms with E-state index in [0.717, 1.165) is 10.1 Å². The van der Waals surface area contributed by atoms with Gasteiger partial charge in [0, 0.05) is 17.0 Å². The summed E-state index contributed by atoms with van der Waals surface area (Å²) < 4.78 is 17.4. The van der Waals surface area contributed by atoms with Crippen LogP contribution in [0.15, 0.2) is 22.6 Å². The number of primary amides is 1. The Morgan fingerprint density at radius 3 is 2.78 bits per heavy atom. The number of nitrogen functional groups attached to an aromatic ring is 1. The van der Waals surface area contributed by atoms with Gasteiger partial charge in [0.05, 0.1) is 4.70 Å². The molecule has 2 heterocycles. The van der Waals surface area contributed by atoms with Gasteiger partial charge in [-0.3, -0.25) is 9.59 Å². The minimum absolute atomic E-state index is 0.0186. The van der Waals surface area contributed by atoms with Crippen LogP contribution < -0.4 is 16.2 Å². The molecule has 0 saturated heterocycles. The van der Waals surface area contributed by atoms with Crippen LogP contribution in [0.2, 0.25) is 0 Å². The molecule has 0 aliphatic carbocycles. The number of amides is 1. The third-order valence-electron chi connectivity index (χ3n) is 3.19. The summed E-state index contributed by atoms with van der Waals surface area (Å²) in [5.41, 5.74) is 11.9. The molecule has 0 radical (unpaired) electrons. The summed E-state index contributed by atoms with van der Waals surface area (Å²) in [5.74, 6) is -0.412. The highest BCUT2D eigenvalue weighted by Gasteiger charge is 2.20. The molecule has 0 spiro atoms. The van der Waals surface area contributed by atoms with E-state index in [0.29, 0.717) is 16.0 Å². The minimum Gasteiger partial charge on any atom is -0.490 e. The summed E-state index contributed by atoms with van der Waals surface area (Å²) in [5, 5.41) is 0.830. The van der Waals surface area contributed by atoms with Gasteiger partial charge in [-0.25, -0.2) is 0 Å². The number of ether oxygens (including phenoxy) is 2. The maximum Gasteiger partial charge on any atom is 0.302 e. The highest BCUT2D eigenvalue weighted by molar-refractivity contribution is 7.26. The molecular weight excluding hydrogens is 320 g/mol. The van der Waals surface area contributed by atoms with E-state index in [9.17, 15) is 9.59 Å². The van der Waals surface area contributed by atoms with Crippen LogP contribution in [0.25, 0.3) is 20.4 Å². The molecule has 0 bridgehead atoms. The summed E-state index contributed by atoms with van der Waals surface area (Å²) >= 11 is 1.39. The molecule has 7 nitrogen and oxygen atoms in total. The van der Waals surface area contributed by atoms with Crippen molar-refractivity contribution < 1.29 is 23.5 Å². The molecule has 0 fully saturated rings. The molecule has 3 rings (SSSR count). The maximum absolute atomic E-state index is 11.3. The Labute approximate surface area is 134 Å². The molecule has 4 N–H and O–H groups in total. The molecule has 0 aliphatic rings. The number of carbonyl (C=O) groups is 2. The topological polar surface area (TPSA) is 118 Å². The predicted molar refractivity (Wildman–Crippen MR) is 86.7 cm³/mol. The zero-order valence-electron chi connectivity index (χ0n) is 12.3. The van der Waals surface area contributed by atoms with Gasteiger partial charge in [-0.2, -0.15) is 0 Å². The largest absolute Gasteiger partial charge is 0.490 e. The van der Waals surface area contributed by atoms with Gasteiger partial charge in [-0.1, -0.05) is 0 Å². The molecule has 8 heteroatoms. The first-order valence-corrected chi connectivity index (χ1v) is 7.59. The van der Waals surface area contributed by atoms with Gasteiger partial charge in [0.2, 0.25) is 5.76 Å². The Hall–Kier alpha value is -2.74. The number of carbonyl (C=O) groups excluding carboxylic acids is 2. The lowest BCUT2D eigenvalue weighted by Gasteiger charge is -2.06. The highest BCUT2D eigenvalue weighted by Crippen LogP contribution is 2.41. The van der Waals surface area contributed by atoms with Crippen molar-refractivity contribution >= 4 is 49.3 Å². The van der Waals surface area contributed by atoms with Crippen molar-refractivity contribution in [1.82, 2.24) is 0 Å². The average molecular weight is 334 g/mol. The van der Waals surface area contributed by atoms with Crippen molar-refractivity contribution in [3.63, 3.8) is 0 Å². The number of furan rings is 1. The van der Waals surface area contributed by atoms with Crippen LogP contribution in [-0.4, -0.2) is 25.1 Å². The van der Waals surface area contributed by atoms with E-state index in [-0.39, 0.29) is 30.6 Å². The molecule has 2 aromatic heterocycles. The number of thiophene rings is 1. The zero-order chi connectivity index (χ0) is 16.6. The second kappa shape index (κ2) is 5.81. The lowest BCUT2D eigenvalue weighted by atomic mass is 10.2. The number of fused-ring (bicyclic) bond motifs is 3. The Bertz CT molecular complexity index is 912. The average Bonchev–Trinajstić information content (AvgIpc) is 3.00. The van der Waals surface area contributed by atoms with E-state index in [1.807, 2.05) is 12.1 Å². The number of rotatable bonds is 5. The van der Waals surface area contributed by atoms with Gasteiger partial charge >= 0.3 is 5.97 Å². The first-order chi connectivity index (χ1) is 11.0. The van der Waals surface area contributed by atoms with Crippen molar-refractivity contribution in [3.8, 4) is 5.75 Å². The number of anilines is 1. The number of hydrogen-bond donors (Lipinski definition) is 2. The Kier molecular flexibility index (Phi) is 3.83. The van der Waals surface area contributed by atoms with Crippen molar-refractivity contribution in [2.24, 2.45) is 5.73 Å². The second-order valence-corrected chi connectivity index (χ2v) is 5.87. The Morgan fingerprint density at radius 2 is 2.09 bits per heavy atom. The molecule has 1 aromatic carbocycles. The lowest BCUT2D eigenvalue weighted by Crippen LogP contribution is -2.11. The fraction of sp³-hybridized carbons (Fsp3) is 0.200. The van der Waals surface area contributed by atoms with Crippen LogP contribution >= 0.6 is 11.3 Å². The molecule has 0 atom stereocenters. The standard InChI is InChI=1S/C15H14N2O5S/c1-7(18)20-4-5-21-8-2-3-9-10(6-8)23-14-11(16)13(15(17)19)22-12(9)14/h2-3,6H,4-5,16H2,1H3,(H2,17,19). The van der Waals surface area contributed by atoms with Gasteiger partial charge in [0.25, 0.3) is 5.91 Å². The minimum atomic E-state index is -0.690. The third-order valence-corrected chi connectivity index (χ3v) is 4.36. The molecule has 0 saturated carbocycles. The van der Waals surface area contributed by atoms with Crippen LogP contribution in [0.4, 0.5) is 5.69 Å². The Morgan fingerprint density at radius 1 is 1.30 bits per heavy atom. The van der Waals surface area contributed by atoms with Crippen molar-refractivity contribution in [2.75, 3.05) is 18.9 Å². The highest BCUT2D eigenvalue weighted by atomic mass is 32.1. The monoisotopic (exact) mass is 334 g/mol. The van der Waals surface area contributed by atoms with E-state index in [4.69, 9.17) is 25.4 Å². The van der Waals surface area contributed by atoms with E-state index in [2.05, 4.69) is 0 Å². The lowest BCUT2D eigenvalue weighted by molar-refractivity contribution is -0.141. The second-order valence-electron chi connectivity index (χ2n) is 4.82. The van der Waals surface area contributed by atoms with E-state index in [1.165, 1.54) is 18.3 Å². The van der Waals surface area contributed by atoms with Crippen molar-refractivity contribution in [1.29, 1.82) is 0 Å². The number of hydrogen-bond acceptors (Lipinski definition) is 7. The van der Waals surface area contributed by atoms with E-state index < -0.39 is 5.91 Å². The normalized spacial score (nSPS) is 11.0. The van der Waals surface area contributed by atoms with Crippen LogP contribution in [0.3, 0.4) is 0 Å². The van der Waals surface area contributed by atoms with E-state index in [1.54, 1.807) is 6.07 Å². The summed E-state index contributed by atoms with van der Waals surface area (Å²) in [6.07, 6.45) is 0. The van der Waals surface area contributed by atoms with Crippen LogP contribution in [-0.2, 0) is 9.53 Å². The fourth-order valence-corrected chi connectivity index (χ4v) is 3.32.